The molecule has 0 saturated heterocycles. The summed E-state index contributed by atoms with van der Waals surface area (Å²) in [6, 6.07) is 6.90. The molecule has 4 rings (SSSR count). The molecule has 6 heteroatoms. The molecule has 1 fully saturated rings. The lowest BCUT2D eigenvalue weighted by molar-refractivity contribution is 0.628. The Kier molecular flexibility index (Phi) is 2.48. The minimum absolute atomic E-state index is 0.280. The highest BCUT2D eigenvalue weighted by atomic mass is 19.1. The Hall–Kier alpha value is -2.81. The highest BCUT2D eigenvalue weighted by Gasteiger charge is 2.29. The zero-order valence-electron chi connectivity index (χ0n) is 11.0. The van der Waals surface area contributed by atoms with E-state index in [0.29, 0.717) is 22.9 Å². The molecule has 0 atom stereocenters. The molecule has 0 spiro atoms. The van der Waals surface area contributed by atoms with Crippen LogP contribution in [0.1, 0.15) is 24.6 Å². The van der Waals surface area contributed by atoms with E-state index < -0.39 is 0 Å². The summed E-state index contributed by atoms with van der Waals surface area (Å²) in [5.41, 5.74) is 2.33. The number of halogens is 1. The van der Waals surface area contributed by atoms with Crippen LogP contribution in [0.15, 0.2) is 30.7 Å². The Morgan fingerprint density at radius 2 is 2.19 bits per heavy atom. The second-order valence-electron chi connectivity index (χ2n) is 5.07. The summed E-state index contributed by atoms with van der Waals surface area (Å²) in [4.78, 5) is 12.5. The maximum absolute atomic E-state index is 13.5. The lowest BCUT2D eigenvalue weighted by Crippen LogP contribution is -2.00. The largest absolute Gasteiger partial charge is 0.321 e. The third-order valence-electron chi connectivity index (χ3n) is 3.62. The molecule has 0 amide bonds. The van der Waals surface area contributed by atoms with Crippen molar-refractivity contribution < 1.29 is 4.39 Å². The maximum Gasteiger partial charge on any atom is 0.154 e. The summed E-state index contributed by atoms with van der Waals surface area (Å²) in [5.74, 6) is 0.343. The number of aromatic nitrogens is 4. The molecule has 3 aromatic rings. The maximum atomic E-state index is 13.5. The molecule has 0 radical (unpaired) electrons. The van der Waals surface area contributed by atoms with Crippen LogP contribution in [-0.2, 0) is 0 Å². The molecule has 0 aliphatic heterocycles. The number of hydrogen-bond donors (Lipinski definition) is 0. The van der Waals surface area contributed by atoms with Crippen LogP contribution in [0.4, 0.5) is 4.39 Å². The van der Waals surface area contributed by atoms with Crippen LogP contribution in [0, 0.1) is 17.1 Å². The van der Waals surface area contributed by atoms with E-state index in [1.54, 1.807) is 12.3 Å². The van der Waals surface area contributed by atoms with Crippen molar-refractivity contribution in [3.05, 3.63) is 42.2 Å². The van der Waals surface area contributed by atoms with Gasteiger partial charge in [-0.3, -0.25) is 0 Å². The molecule has 0 unspecified atom stereocenters. The monoisotopic (exact) mass is 279 g/mol. The summed E-state index contributed by atoms with van der Waals surface area (Å²) < 4.78 is 15.5. The van der Waals surface area contributed by atoms with Gasteiger partial charge in [0.2, 0.25) is 0 Å². The quantitative estimate of drug-likeness (QED) is 0.723. The van der Waals surface area contributed by atoms with Crippen molar-refractivity contribution in [1.29, 1.82) is 5.26 Å². The number of fused-ring (bicyclic) bond motifs is 1. The van der Waals surface area contributed by atoms with Crippen molar-refractivity contribution in [3.8, 4) is 17.5 Å². The van der Waals surface area contributed by atoms with Crippen molar-refractivity contribution in [1.82, 2.24) is 19.5 Å². The van der Waals surface area contributed by atoms with Crippen molar-refractivity contribution >= 4 is 11.0 Å². The fourth-order valence-electron chi connectivity index (χ4n) is 2.54. The van der Waals surface area contributed by atoms with Gasteiger partial charge in [-0.05, 0) is 31.0 Å². The Balaban J connectivity index is 2.05. The van der Waals surface area contributed by atoms with Gasteiger partial charge in [-0.1, -0.05) is 0 Å². The van der Waals surface area contributed by atoms with E-state index >= 15 is 0 Å². The zero-order valence-corrected chi connectivity index (χ0v) is 11.0. The van der Waals surface area contributed by atoms with Crippen molar-refractivity contribution in [3.63, 3.8) is 0 Å². The van der Waals surface area contributed by atoms with E-state index in [4.69, 9.17) is 0 Å². The fourth-order valence-corrected chi connectivity index (χ4v) is 2.54. The van der Waals surface area contributed by atoms with Gasteiger partial charge < -0.3 is 4.57 Å². The molecule has 0 bridgehead atoms. The zero-order chi connectivity index (χ0) is 14.4. The summed E-state index contributed by atoms with van der Waals surface area (Å²) in [6.07, 6.45) is 4.99. The van der Waals surface area contributed by atoms with Crippen LogP contribution in [0.5, 0.6) is 0 Å². The van der Waals surface area contributed by atoms with Gasteiger partial charge in [0.15, 0.2) is 5.69 Å². The number of nitriles is 1. The number of rotatable bonds is 2. The van der Waals surface area contributed by atoms with Gasteiger partial charge in [0.25, 0.3) is 0 Å². The lowest BCUT2D eigenvalue weighted by atomic mass is 10.2. The number of nitrogens with zero attached hydrogens (tertiary/aromatic N) is 5. The predicted octanol–water partition coefficient (Wildman–Crippen LogP) is 2.84. The summed E-state index contributed by atoms with van der Waals surface area (Å²) in [7, 11) is 0. The molecule has 1 aromatic carbocycles. The van der Waals surface area contributed by atoms with Crippen LogP contribution >= 0.6 is 0 Å². The molecule has 5 nitrogen and oxygen atoms in total. The highest BCUT2D eigenvalue weighted by molar-refractivity contribution is 5.81. The molecule has 1 aliphatic carbocycles. The SMILES string of the molecule is N#Cc1ncncc1-c1nc2ccc(F)cc2n1C1CC1. The smallest absolute Gasteiger partial charge is 0.154 e. The van der Waals surface area contributed by atoms with Crippen LogP contribution in [0.3, 0.4) is 0 Å². The molecular weight excluding hydrogens is 269 g/mol. The van der Waals surface area contributed by atoms with Crippen LogP contribution in [-0.4, -0.2) is 19.5 Å². The predicted molar refractivity (Wildman–Crippen MR) is 73.7 cm³/mol. The number of hydrogen-bond acceptors (Lipinski definition) is 4. The van der Waals surface area contributed by atoms with Crippen LogP contribution in [0.2, 0.25) is 0 Å². The van der Waals surface area contributed by atoms with Crippen molar-refractivity contribution in [2.75, 3.05) is 0 Å². The standard InChI is InChI=1S/C15H10FN5/c16-9-1-4-12-14(5-9)21(10-2-3-10)15(20-12)11-7-18-8-19-13(11)6-17/h1,4-5,7-8,10H,2-3H2. The van der Waals surface area contributed by atoms with E-state index in [9.17, 15) is 9.65 Å². The van der Waals surface area contributed by atoms with Gasteiger partial charge in [0.05, 0.1) is 16.6 Å². The summed E-state index contributed by atoms with van der Waals surface area (Å²) >= 11 is 0. The Morgan fingerprint density at radius 1 is 1.33 bits per heavy atom. The van der Waals surface area contributed by atoms with Gasteiger partial charge in [0, 0.05) is 12.2 Å². The van der Waals surface area contributed by atoms with E-state index in [1.165, 1.54) is 18.5 Å². The summed E-state index contributed by atoms with van der Waals surface area (Å²) in [6.45, 7) is 0. The van der Waals surface area contributed by atoms with Gasteiger partial charge >= 0.3 is 0 Å². The molecular formula is C15H10FN5. The molecule has 1 aliphatic rings. The third kappa shape index (κ3) is 1.86. The molecule has 0 N–H and O–H groups in total. The first-order chi connectivity index (χ1) is 10.3. The third-order valence-corrected chi connectivity index (χ3v) is 3.62. The number of imidazole rings is 1. The average molecular weight is 279 g/mol. The van der Waals surface area contributed by atoms with Crippen LogP contribution in [0.25, 0.3) is 22.4 Å². The van der Waals surface area contributed by atoms with E-state index in [2.05, 4.69) is 21.0 Å². The minimum Gasteiger partial charge on any atom is -0.321 e. The van der Waals surface area contributed by atoms with Crippen molar-refractivity contribution in [2.45, 2.75) is 18.9 Å². The Labute approximate surface area is 119 Å². The molecule has 102 valence electrons. The minimum atomic E-state index is -0.291. The molecule has 2 heterocycles. The first kappa shape index (κ1) is 12.0. The number of benzene rings is 1. The molecule has 1 saturated carbocycles. The van der Waals surface area contributed by atoms with Gasteiger partial charge in [-0.25, -0.2) is 19.3 Å². The topological polar surface area (TPSA) is 67.4 Å². The van der Waals surface area contributed by atoms with Crippen molar-refractivity contribution in [2.24, 2.45) is 0 Å². The fraction of sp³-hybridized carbons (Fsp3) is 0.200. The Morgan fingerprint density at radius 3 is 2.95 bits per heavy atom. The van der Waals surface area contributed by atoms with E-state index in [0.717, 1.165) is 18.4 Å². The van der Waals surface area contributed by atoms with E-state index in [1.807, 2.05) is 4.57 Å². The highest BCUT2D eigenvalue weighted by Crippen LogP contribution is 2.41. The second kappa shape index (κ2) is 4.35. The van der Waals surface area contributed by atoms with Gasteiger partial charge in [-0.15, -0.1) is 0 Å². The average Bonchev–Trinajstić information content (AvgIpc) is 3.28. The first-order valence-electron chi connectivity index (χ1n) is 6.66. The van der Waals surface area contributed by atoms with Gasteiger partial charge in [0.1, 0.15) is 24.0 Å². The van der Waals surface area contributed by atoms with E-state index in [-0.39, 0.29) is 11.5 Å². The molecule has 2 aromatic heterocycles. The Bertz CT molecular complexity index is 889. The van der Waals surface area contributed by atoms with Gasteiger partial charge in [-0.2, -0.15) is 5.26 Å². The second-order valence-corrected chi connectivity index (χ2v) is 5.07. The van der Waals surface area contributed by atoms with Crippen LogP contribution < -0.4 is 0 Å². The summed E-state index contributed by atoms with van der Waals surface area (Å²) in [5, 5.41) is 9.21. The molecule has 21 heavy (non-hydrogen) atoms. The first-order valence-corrected chi connectivity index (χ1v) is 6.66. The lowest BCUT2D eigenvalue weighted by Gasteiger charge is -2.07. The normalized spacial score (nSPS) is 14.3.